The molecule has 0 atom stereocenters. The van der Waals surface area contributed by atoms with Gasteiger partial charge in [0.05, 0.1) is 11.3 Å². The summed E-state index contributed by atoms with van der Waals surface area (Å²) < 4.78 is 6.74. The Morgan fingerprint density at radius 3 is 2.12 bits per heavy atom. The second-order valence-electron chi connectivity index (χ2n) is 13.7. The molecular formula is C44H36BN3O. The van der Waals surface area contributed by atoms with E-state index in [1.807, 2.05) is 0 Å². The van der Waals surface area contributed by atoms with Crippen molar-refractivity contribution in [3.8, 4) is 0 Å². The van der Waals surface area contributed by atoms with E-state index in [1.54, 1.807) is 0 Å². The van der Waals surface area contributed by atoms with E-state index in [4.69, 9.17) is 4.42 Å². The quantitative estimate of drug-likeness (QED) is 0.191. The average Bonchev–Trinajstić information content (AvgIpc) is 3.54. The highest BCUT2D eigenvalue weighted by Gasteiger charge is 2.44. The van der Waals surface area contributed by atoms with Crippen LogP contribution in [-0.2, 0) is 0 Å². The van der Waals surface area contributed by atoms with Crippen LogP contribution in [0.1, 0.15) is 43.6 Å². The van der Waals surface area contributed by atoms with E-state index >= 15 is 0 Å². The second-order valence-corrected chi connectivity index (χ2v) is 13.7. The summed E-state index contributed by atoms with van der Waals surface area (Å²) in [5, 5.41) is 5.07. The number of rotatable bonds is 5. The standard InChI is InChI=1S/C44H36BN3O/c1-4-15-30(16-5-1)31-27-38-42-40(28-31)48(35-22-14-21-34(29-35)47(32-17-6-2-7-18-32)33-19-8-3-9-20-33)39-25-12-11-24-37(39)45(42)44-43(46-38)36-23-10-13-26-41(36)49-44/h2-3,6-14,17-30,46H,1,4-5,15-16H2. The van der Waals surface area contributed by atoms with E-state index in [0.717, 1.165) is 45.1 Å². The molecule has 3 heterocycles. The highest BCUT2D eigenvalue weighted by molar-refractivity contribution is 6.99. The lowest BCUT2D eigenvalue weighted by Crippen LogP contribution is -2.59. The van der Waals surface area contributed by atoms with Crippen LogP contribution in [0.25, 0.3) is 11.0 Å². The fourth-order valence-corrected chi connectivity index (χ4v) is 8.60. The molecule has 10 rings (SSSR count). The van der Waals surface area contributed by atoms with E-state index < -0.39 is 0 Å². The molecular weight excluding hydrogens is 597 g/mol. The number of nitrogens with zero attached hydrogens (tertiary/aromatic N) is 2. The maximum atomic E-state index is 6.74. The first kappa shape index (κ1) is 28.3. The lowest BCUT2D eigenvalue weighted by molar-refractivity contribution is 0.444. The van der Waals surface area contributed by atoms with Crippen LogP contribution < -0.4 is 31.7 Å². The van der Waals surface area contributed by atoms with Crippen LogP contribution in [0.4, 0.5) is 45.5 Å². The number of nitrogens with one attached hydrogen (secondary N) is 1. The normalized spacial score (nSPS) is 14.9. The second kappa shape index (κ2) is 11.5. The first-order chi connectivity index (χ1) is 24.3. The van der Waals surface area contributed by atoms with Crippen molar-refractivity contribution in [2.24, 2.45) is 0 Å². The molecule has 0 saturated heterocycles. The van der Waals surface area contributed by atoms with Gasteiger partial charge in [0.15, 0.2) is 0 Å². The van der Waals surface area contributed by atoms with Crippen molar-refractivity contribution in [3.05, 3.63) is 151 Å². The van der Waals surface area contributed by atoms with Crippen molar-refractivity contribution in [1.82, 2.24) is 0 Å². The third kappa shape index (κ3) is 4.60. The lowest BCUT2D eigenvalue weighted by atomic mass is 9.35. The zero-order chi connectivity index (χ0) is 32.3. The van der Waals surface area contributed by atoms with Gasteiger partial charge in [-0.25, -0.2) is 0 Å². The minimum atomic E-state index is -0.00479. The van der Waals surface area contributed by atoms with Crippen molar-refractivity contribution >= 4 is 79.8 Å². The largest absolute Gasteiger partial charge is 0.468 e. The molecule has 1 fully saturated rings. The number of hydrogen-bond acceptors (Lipinski definition) is 4. The Hall–Kier alpha value is -5.68. The van der Waals surface area contributed by atoms with E-state index in [0.29, 0.717) is 5.92 Å². The summed E-state index contributed by atoms with van der Waals surface area (Å²) in [6.45, 7) is -0.00479. The molecule has 1 aromatic heterocycles. The predicted molar refractivity (Wildman–Crippen MR) is 206 cm³/mol. The molecule has 236 valence electrons. The first-order valence-corrected chi connectivity index (χ1v) is 17.7. The first-order valence-electron chi connectivity index (χ1n) is 17.7. The Bertz CT molecular complexity index is 2290. The molecule has 1 aliphatic carbocycles. The minimum Gasteiger partial charge on any atom is -0.468 e. The van der Waals surface area contributed by atoms with Gasteiger partial charge in [0.2, 0.25) is 0 Å². The summed E-state index contributed by atoms with van der Waals surface area (Å²) >= 11 is 0. The Kier molecular flexibility index (Phi) is 6.65. The van der Waals surface area contributed by atoms with Gasteiger partial charge < -0.3 is 19.5 Å². The molecule has 2 aliphatic heterocycles. The number of para-hydroxylation sites is 4. The summed E-state index contributed by atoms with van der Waals surface area (Å²) in [5.41, 5.74) is 15.2. The fraction of sp³-hybridized carbons (Fsp3) is 0.136. The van der Waals surface area contributed by atoms with E-state index in [2.05, 4.69) is 161 Å². The van der Waals surface area contributed by atoms with Crippen LogP contribution in [-0.4, -0.2) is 6.71 Å². The van der Waals surface area contributed by atoms with E-state index in [-0.39, 0.29) is 6.71 Å². The molecule has 1 N–H and O–H groups in total. The number of anilines is 8. The van der Waals surface area contributed by atoms with Gasteiger partial charge in [0.25, 0.3) is 6.71 Å². The highest BCUT2D eigenvalue weighted by Crippen LogP contribution is 2.45. The van der Waals surface area contributed by atoms with Gasteiger partial charge >= 0.3 is 0 Å². The molecule has 0 spiro atoms. The molecule has 3 aliphatic rings. The van der Waals surface area contributed by atoms with Gasteiger partial charge in [-0.2, -0.15) is 0 Å². The van der Waals surface area contributed by atoms with Crippen molar-refractivity contribution in [3.63, 3.8) is 0 Å². The fourth-order valence-electron chi connectivity index (χ4n) is 8.60. The van der Waals surface area contributed by atoms with Crippen LogP contribution in [0.3, 0.4) is 0 Å². The topological polar surface area (TPSA) is 31.6 Å². The molecule has 7 aromatic rings. The molecule has 49 heavy (non-hydrogen) atoms. The third-order valence-electron chi connectivity index (χ3n) is 10.8. The van der Waals surface area contributed by atoms with E-state index in [1.165, 1.54) is 65.7 Å². The van der Waals surface area contributed by atoms with Gasteiger partial charge in [-0.3, -0.25) is 0 Å². The molecule has 0 unspecified atom stereocenters. The lowest BCUT2D eigenvalue weighted by Gasteiger charge is -2.40. The molecule has 6 aromatic carbocycles. The summed E-state index contributed by atoms with van der Waals surface area (Å²) in [7, 11) is 0. The van der Waals surface area contributed by atoms with Crippen molar-refractivity contribution < 1.29 is 4.42 Å². The smallest absolute Gasteiger partial charge is 0.297 e. The molecule has 1 saturated carbocycles. The zero-order valence-electron chi connectivity index (χ0n) is 27.3. The van der Waals surface area contributed by atoms with Gasteiger partial charge in [0, 0.05) is 45.2 Å². The van der Waals surface area contributed by atoms with Crippen molar-refractivity contribution in [2.75, 3.05) is 15.1 Å². The van der Waals surface area contributed by atoms with Crippen molar-refractivity contribution in [1.29, 1.82) is 0 Å². The molecule has 0 amide bonds. The molecule has 0 radical (unpaired) electrons. The molecule has 5 heteroatoms. The zero-order valence-corrected chi connectivity index (χ0v) is 27.3. The van der Waals surface area contributed by atoms with E-state index in [9.17, 15) is 0 Å². The Morgan fingerprint density at radius 1 is 0.633 bits per heavy atom. The van der Waals surface area contributed by atoms with Crippen LogP contribution >= 0.6 is 0 Å². The summed E-state index contributed by atoms with van der Waals surface area (Å²) in [6.07, 6.45) is 6.43. The SMILES string of the molecule is c1ccc(N(c2ccccc2)c2cccc(N3c4ccccc4B4c5oc6ccccc6c5Nc5cc(C6CCCCC6)cc3c54)c2)cc1. The van der Waals surface area contributed by atoms with Gasteiger partial charge in [-0.15, -0.1) is 0 Å². The monoisotopic (exact) mass is 633 g/mol. The van der Waals surface area contributed by atoms with Crippen LogP contribution in [0.2, 0.25) is 0 Å². The summed E-state index contributed by atoms with van der Waals surface area (Å²) in [5.74, 6) is 0.565. The van der Waals surface area contributed by atoms with Crippen LogP contribution in [0.15, 0.2) is 150 Å². The maximum Gasteiger partial charge on any atom is 0.297 e. The Labute approximate surface area is 287 Å². The Morgan fingerprint density at radius 2 is 1.33 bits per heavy atom. The number of benzene rings is 6. The molecule has 4 nitrogen and oxygen atoms in total. The summed E-state index contributed by atoms with van der Waals surface area (Å²) in [4.78, 5) is 4.85. The van der Waals surface area contributed by atoms with Crippen LogP contribution in [0, 0.1) is 0 Å². The van der Waals surface area contributed by atoms with Gasteiger partial charge in [0.1, 0.15) is 5.58 Å². The molecule has 0 bridgehead atoms. The number of fused-ring (bicyclic) bond motifs is 6. The Balaban J connectivity index is 1.20. The minimum absolute atomic E-state index is 0.00479. The summed E-state index contributed by atoms with van der Waals surface area (Å²) in [6, 6.07) is 52.7. The van der Waals surface area contributed by atoms with Gasteiger partial charge in [-0.05, 0) is 108 Å². The number of hydrogen-bond donors (Lipinski definition) is 1. The third-order valence-corrected chi connectivity index (χ3v) is 10.8. The highest BCUT2D eigenvalue weighted by atomic mass is 16.3. The van der Waals surface area contributed by atoms with Crippen molar-refractivity contribution in [2.45, 2.75) is 38.0 Å². The van der Waals surface area contributed by atoms with Crippen LogP contribution in [0.5, 0.6) is 0 Å². The van der Waals surface area contributed by atoms with Gasteiger partial charge in [-0.1, -0.05) is 92.1 Å². The maximum absolute atomic E-state index is 6.74. The average molecular weight is 634 g/mol. The number of furan rings is 1. The predicted octanol–water partition coefficient (Wildman–Crippen LogP) is 10.3.